The van der Waals surface area contributed by atoms with Crippen molar-refractivity contribution in [2.75, 3.05) is 19.6 Å². The Labute approximate surface area is 127 Å². The van der Waals surface area contributed by atoms with Gasteiger partial charge in [-0.05, 0) is 30.7 Å². The maximum Gasteiger partial charge on any atom is 0.0244 e. The zero-order chi connectivity index (χ0) is 15.2. The van der Waals surface area contributed by atoms with Gasteiger partial charge in [-0.2, -0.15) is 0 Å². The molecule has 1 fully saturated rings. The van der Waals surface area contributed by atoms with Crippen molar-refractivity contribution in [1.29, 1.82) is 0 Å². The van der Waals surface area contributed by atoms with Crippen LogP contribution in [0.15, 0.2) is 0 Å². The molecule has 1 aliphatic heterocycles. The molecule has 0 aromatic heterocycles. The molecule has 0 amide bonds. The average molecular weight is 283 g/mol. The lowest BCUT2D eigenvalue weighted by atomic mass is 9.84. The van der Waals surface area contributed by atoms with E-state index in [1.807, 2.05) is 0 Å². The van der Waals surface area contributed by atoms with Crippen molar-refractivity contribution < 1.29 is 0 Å². The van der Waals surface area contributed by atoms with Crippen LogP contribution in [0.25, 0.3) is 0 Å². The molecule has 2 unspecified atom stereocenters. The molecule has 2 atom stereocenters. The summed E-state index contributed by atoms with van der Waals surface area (Å²) in [6.45, 7) is 17.8. The zero-order valence-electron chi connectivity index (χ0n) is 14.8. The van der Waals surface area contributed by atoms with Gasteiger partial charge in [0, 0.05) is 25.2 Å². The van der Waals surface area contributed by atoms with E-state index in [9.17, 15) is 0 Å². The van der Waals surface area contributed by atoms with Crippen molar-refractivity contribution in [1.82, 2.24) is 10.2 Å². The summed E-state index contributed by atoms with van der Waals surface area (Å²) in [6.07, 6.45) is 6.83. The smallest absolute Gasteiger partial charge is 0.0244 e. The number of rotatable bonds is 7. The lowest BCUT2D eigenvalue weighted by Gasteiger charge is -2.45. The van der Waals surface area contributed by atoms with Crippen LogP contribution in [0.1, 0.15) is 73.6 Å². The summed E-state index contributed by atoms with van der Waals surface area (Å²) in [5.41, 5.74) is 0.366. The number of piperazine rings is 1. The minimum absolute atomic E-state index is 0.366. The number of hydrogen-bond donors (Lipinski definition) is 1. The molecule has 0 aromatic rings. The molecule has 1 heterocycles. The van der Waals surface area contributed by atoms with Gasteiger partial charge in [0.15, 0.2) is 0 Å². The summed E-state index contributed by atoms with van der Waals surface area (Å²) in [7, 11) is 0. The molecule has 120 valence electrons. The van der Waals surface area contributed by atoms with E-state index in [1.54, 1.807) is 0 Å². The van der Waals surface area contributed by atoms with Crippen LogP contribution in [-0.4, -0.2) is 36.6 Å². The molecule has 0 aromatic carbocycles. The van der Waals surface area contributed by atoms with Gasteiger partial charge in [-0.15, -0.1) is 0 Å². The molecule has 0 saturated carbocycles. The van der Waals surface area contributed by atoms with Crippen LogP contribution >= 0.6 is 0 Å². The maximum atomic E-state index is 3.80. The van der Waals surface area contributed by atoms with E-state index < -0.39 is 0 Å². The van der Waals surface area contributed by atoms with Gasteiger partial charge in [-0.25, -0.2) is 0 Å². The third kappa shape index (κ3) is 6.13. The summed E-state index contributed by atoms with van der Waals surface area (Å²) >= 11 is 0. The van der Waals surface area contributed by atoms with E-state index in [4.69, 9.17) is 0 Å². The average Bonchev–Trinajstić information content (AvgIpc) is 2.34. The second-order valence-corrected chi connectivity index (χ2v) is 8.17. The van der Waals surface area contributed by atoms with Crippen LogP contribution < -0.4 is 5.32 Å². The normalized spacial score (nSPS) is 25.4. The molecular weight excluding hydrogens is 244 g/mol. The Hall–Kier alpha value is -0.0800. The van der Waals surface area contributed by atoms with Crippen LogP contribution in [0.4, 0.5) is 0 Å². The van der Waals surface area contributed by atoms with Gasteiger partial charge in [0.1, 0.15) is 0 Å². The van der Waals surface area contributed by atoms with E-state index in [-0.39, 0.29) is 0 Å². The fourth-order valence-corrected chi connectivity index (χ4v) is 3.23. The predicted octanol–water partition coefficient (Wildman–Crippen LogP) is 4.30. The lowest BCUT2D eigenvalue weighted by molar-refractivity contribution is 0.0736. The van der Waals surface area contributed by atoms with Crippen molar-refractivity contribution >= 4 is 0 Å². The maximum absolute atomic E-state index is 3.80. The Kier molecular flexibility index (Phi) is 7.53. The Bertz CT molecular complexity index is 255. The summed E-state index contributed by atoms with van der Waals surface area (Å²) in [5.74, 6) is 0.797. The van der Waals surface area contributed by atoms with Crippen LogP contribution in [-0.2, 0) is 0 Å². The van der Waals surface area contributed by atoms with E-state index in [0.29, 0.717) is 11.5 Å². The highest BCUT2D eigenvalue weighted by Gasteiger charge is 2.33. The monoisotopic (exact) mass is 282 g/mol. The van der Waals surface area contributed by atoms with Gasteiger partial charge >= 0.3 is 0 Å². The van der Waals surface area contributed by atoms with Crippen LogP contribution in [0, 0.1) is 11.3 Å². The van der Waals surface area contributed by atoms with Crippen LogP contribution in [0.5, 0.6) is 0 Å². The Balaban J connectivity index is 2.53. The Morgan fingerprint density at radius 2 is 1.85 bits per heavy atom. The third-order valence-corrected chi connectivity index (χ3v) is 4.62. The molecule has 0 aliphatic carbocycles. The molecule has 1 aliphatic rings. The molecule has 0 radical (unpaired) electrons. The van der Waals surface area contributed by atoms with Crippen molar-refractivity contribution in [2.45, 2.75) is 85.7 Å². The van der Waals surface area contributed by atoms with Gasteiger partial charge in [-0.3, -0.25) is 4.90 Å². The second kappa shape index (κ2) is 8.38. The van der Waals surface area contributed by atoms with Crippen molar-refractivity contribution in [3.05, 3.63) is 0 Å². The minimum atomic E-state index is 0.366. The molecule has 2 heteroatoms. The number of nitrogens with one attached hydrogen (secondary N) is 1. The summed E-state index contributed by atoms with van der Waals surface area (Å²) in [5, 5.41) is 3.80. The second-order valence-electron chi connectivity index (χ2n) is 8.17. The fraction of sp³-hybridized carbons (Fsp3) is 1.00. The highest BCUT2D eigenvalue weighted by Crippen LogP contribution is 2.25. The highest BCUT2D eigenvalue weighted by atomic mass is 15.2. The topological polar surface area (TPSA) is 15.3 Å². The first-order valence-electron chi connectivity index (χ1n) is 8.82. The van der Waals surface area contributed by atoms with Gasteiger partial charge < -0.3 is 5.32 Å². The highest BCUT2D eigenvalue weighted by molar-refractivity contribution is 4.92. The number of hydrogen-bond acceptors (Lipinski definition) is 2. The third-order valence-electron chi connectivity index (χ3n) is 4.62. The number of unbranched alkanes of at least 4 members (excludes halogenated alkanes) is 3. The quantitative estimate of drug-likeness (QED) is 0.700. The van der Waals surface area contributed by atoms with Gasteiger partial charge in [0.2, 0.25) is 0 Å². The molecule has 1 rings (SSSR count). The van der Waals surface area contributed by atoms with Crippen molar-refractivity contribution in [3.63, 3.8) is 0 Å². The van der Waals surface area contributed by atoms with Gasteiger partial charge in [0.25, 0.3) is 0 Å². The molecule has 1 saturated heterocycles. The van der Waals surface area contributed by atoms with Crippen LogP contribution in [0.2, 0.25) is 0 Å². The summed E-state index contributed by atoms with van der Waals surface area (Å²) < 4.78 is 0. The molecule has 1 N–H and O–H groups in total. The molecule has 20 heavy (non-hydrogen) atoms. The molecule has 2 nitrogen and oxygen atoms in total. The van der Waals surface area contributed by atoms with Crippen molar-refractivity contribution in [2.24, 2.45) is 11.3 Å². The first kappa shape index (κ1) is 18.0. The van der Waals surface area contributed by atoms with E-state index in [0.717, 1.165) is 12.0 Å². The fourth-order valence-electron chi connectivity index (χ4n) is 3.23. The van der Waals surface area contributed by atoms with E-state index >= 15 is 0 Å². The summed E-state index contributed by atoms with van der Waals surface area (Å²) in [4.78, 5) is 2.78. The SMILES string of the molecule is CCCCCCN1CC(C(C)(C)C)NCC1CC(C)C. The Morgan fingerprint density at radius 1 is 1.15 bits per heavy atom. The minimum Gasteiger partial charge on any atom is -0.311 e. The molecule has 0 spiro atoms. The first-order chi connectivity index (χ1) is 9.34. The van der Waals surface area contributed by atoms with Crippen molar-refractivity contribution in [3.8, 4) is 0 Å². The zero-order valence-corrected chi connectivity index (χ0v) is 14.8. The first-order valence-corrected chi connectivity index (χ1v) is 8.82. The number of nitrogens with zero attached hydrogens (tertiary/aromatic N) is 1. The predicted molar refractivity (Wildman–Crippen MR) is 90.2 cm³/mol. The van der Waals surface area contributed by atoms with Crippen LogP contribution in [0.3, 0.4) is 0 Å². The van der Waals surface area contributed by atoms with Gasteiger partial charge in [0.05, 0.1) is 0 Å². The molecular formula is C18H38N2. The molecule has 0 bridgehead atoms. The van der Waals surface area contributed by atoms with E-state index in [2.05, 4.69) is 51.8 Å². The van der Waals surface area contributed by atoms with E-state index in [1.165, 1.54) is 51.7 Å². The Morgan fingerprint density at radius 3 is 2.40 bits per heavy atom. The largest absolute Gasteiger partial charge is 0.311 e. The standard InChI is InChI=1S/C18H38N2/c1-7-8-9-10-11-20-14-17(18(4,5)6)19-13-16(20)12-15(2)3/h15-17,19H,7-14H2,1-6H3. The lowest BCUT2D eigenvalue weighted by Crippen LogP contribution is -2.60. The van der Waals surface area contributed by atoms with Gasteiger partial charge in [-0.1, -0.05) is 60.8 Å². The summed E-state index contributed by atoms with van der Waals surface area (Å²) in [6, 6.07) is 1.38.